The molecule has 0 aliphatic carbocycles. The number of halogens is 5. The van der Waals surface area contributed by atoms with Gasteiger partial charge in [0.1, 0.15) is 11.9 Å². The Bertz CT molecular complexity index is 1160. The Morgan fingerprint density at radius 3 is 2.40 bits per heavy atom. The van der Waals surface area contributed by atoms with Gasteiger partial charge in [0.15, 0.2) is 24.5 Å². The van der Waals surface area contributed by atoms with Crippen LogP contribution in [-0.2, 0) is 27.1 Å². The highest BCUT2D eigenvalue weighted by molar-refractivity contribution is 5.84. The summed E-state index contributed by atoms with van der Waals surface area (Å²) < 4.78 is 87.5. The van der Waals surface area contributed by atoms with Crippen LogP contribution in [0.5, 0.6) is 5.75 Å². The molecule has 0 amide bonds. The lowest BCUT2D eigenvalue weighted by atomic mass is 9.99. The second-order valence-corrected chi connectivity index (χ2v) is 8.26. The largest absolute Gasteiger partial charge is 0.481 e. The van der Waals surface area contributed by atoms with E-state index in [-0.39, 0.29) is 11.9 Å². The summed E-state index contributed by atoms with van der Waals surface area (Å²) in [6.07, 6.45) is -4.60. The fraction of sp³-hybridized carbons (Fsp3) is 0.385. The van der Waals surface area contributed by atoms with Gasteiger partial charge in [-0.05, 0) is 54.5 Å². The second-order valence-electron chi connectivity index (χ2n) is 8.26. The summed E-state index contributed by atoms with van der Waals surface area (Å²) in [6.45, 7) is 1.75. The Morgan fingerprint density at radius 1 is 0.943 bits per heavy atom. The van der Waals surface area contributed by atoms with Gasteiger partial charge in [0.25, 0.3) is 0 Å². The molecule has 1 fully saturated rings. The van der Waals surface area contributed by atoms with Crippen LogP contribution in [0.1, 0.15) is 29.9 Å². The molecule has 1 aliphatic rings. The Balaban J connectivity index is 1.41. The number of hydrogen-bond acceptors (Lipinski definition) is 4. The van der Waals surface area contributed by atoms with E-state index in [0.717, 1.165) is 17.7 Å². The van der Waals surface area contributed by atoms with Gasteiger partial charge in [-0.25, -0.2) is 8.78 Å². The third kappa shape index (κ3) is 6.48. The maximum absolute atomic E-state index is 15.2. The standard InChI is InChI=1S/C26H25F5O4/c1-2-32-20-13-33-25(34-14-20)19-8-9-21-18(12-19)7-6-17(24(21)28)5-3-16-4-10-23(22(27)11-16)35-15-26(29,30)31/h4,6-12,20,25H,2-3,5,13-15H2,1H3. The highest BCUT2D eigenvalue weighted by Crippen LogP contribution is 2.30. The first-order chi connectivity index (χ1) is 16.7. The average Bonchev–Trinajstić information content (AvgIpc) is 2.83. The molecule has 3 aromatic rings. The van der Waals surface area contributed by atoms with Crippen molar-refractivity contribution in [2.45, 2.75) is 38.3 Å². The summed E-state index contributed by atoms with van der Waals surface area (Å²) in [5, 5.41) is 1.14. The Kier molecular flexibility index (Phi) is 7.88. The van der Waals surface area contributed by atoms with E-state index in [1.807, 2.05) is 13.0 Å². The van der Waals surface area contributed by atoms with Gasteiger partial charge in [-0.2, -0.15) is 13.2 Å². The number of benzene rings is 3. The van der Waals surface area contributed by atoms with Crippen molar-refractivity contribution in [2.75, 3.05) is 26.4 Å². The van der Waals surface area contributed by atoms with Crippen molar-refractivity contribution in [3.63, 3.8) is 0 Å². The van der Waals surface area contributed by atoms with Crippen molar-refractivity contribution in [2.24, 2.45) is 0 Å². The van der Waals surface area contributed by atoms with Gasteiger partial charge in [-0.1, -0.05) is 30.3 Å². The van der Waals surface area contributed by atoms with Crippen molar-refractivity contribution >= 4 is 10.8 Å². The molecule has 0 bridgehead atoms. The normalized spacial score (nSPS) is 18.7. The summed E-state index contributed by atoms with van der Waals surface area (Å²) in [6, 6.07) is 12.5. The van der Waals surface area contributed by atoms with Crippen molar-refractivity contribution < 1.29 is 40.9 Å². The van der Waals surface area contributed by atoms with Crippen molar-refractivity contribution in [3.8, 4) is 5.75 Å². The molecule has 9 heteroatoms. The van der Waals surface area contributed by atoms with Gasteiger partial charge in [0.2, 0.25) is 0 Å². The molecule has 3 aromatic carbocycles. The molecule has 1 saturated heterocycles. The third-order valence-corrected chi connectivity index (χ3v) is 5.67. The molecule has 0 N–H and O–H groups in total. The molecule has 0 unspecified atom stereocenters. The number of fused-ring (bicyclic) bond motifs is 1. The van der Waals surface area contributed by atoms with E-state index < -0.39 is 30.6 Å². The minimum Gasteiger partial charge on any atom is -0.481 e. The van der Waals surface area contributed by atoms with Gasteiger partial charge in [-0.3, -0.25) is 0 Å². The van der Waals surface area contributed by atoms with Gasteiger partial charge in [0, 0.05) is 17.6 Å². The van der Waals surface area contributed by atoms with Crippen LogP contribution in [0.2, 0.25) is 0 Å². The first-order valence-corrected chi connectivity index (χ1v) is 11.3. The SMILES string of the molecule is CCOC1COC(c2ccc3c(F)c(CCc4ccc(OCC(F)(F)F)c(F)c4)ccc3c2)OC1. The summed E-state index contributed by atoms with van der Waals surface area (Å²) >= 11 is 0. The molecular formula is C26H25F5O4. The van der Waals surface area contributed by atoms with E-state index in [4.69, 9.17) is 14.2 Å². The monoisotopic (exact) mass is 496 g/mol. The van der Waals surface area contributed by atoms with Gasteiger partial charge in [-0.15, -0.1) is 0 Å². The van der Waals surface area contributed by atoms with Gasteiger partial charge in [0.05, 0.1) is 13.2 Å². The molecule has 1 aliphatic heterocycles. The van der Waals surface area contributed by atoms with Crippen LogP contribution in [0.15, 0.2) is 48.5 Å². The fourth-order valence-corrected chi connectivity index (χ4v) is 3.96. The predicted molar refractivity (Wildman–Crippen MR) is 119 cm³/mol. The van der Waals surface area contributed by atoms with Gasteiger partial charge < -0.3 is 18.9 Å². The predicted octanol–water partition coefficient (Wildman–Crippen LogP) is 6.29. The lowest BCUT2D eigenvalue weighted by Gasteiger charge is -2.29. The molecule has 0 saturated carbocycles. The molecule has 0 aromatic heterocycles. The van der Waals surface area contributed by atoms with Crippen molar-refractivity contribution in [3.05, 3.63) is 76.9 Å². The smallest absolute Gasteiger partial charge is 0.422 e. The molecule has 188 valence electrons. The minimum absolute atomic E-state index is 0.103. The topological polar surface area (TPSA) is 36.9 Å². The average molecular weight is 496 g/mol. The van der Waals surface area contributed by atoms with Crippen LogP contribution in [0.3, 0.4) is 0 Å². The summed E-state index contributed by atoms with van der Waals surface area (Å²) in [7, 11) is 0. The minimum atomic E-state index is -4.55. The zero-order valence-corrected chi connectivity index (χ0v) is 19.0. The summed E-state index contributed by atoms with van der Waals surface area (Å²) in [5.41, 5.74) is 1.75. The van der Waals surface area contributed by atoms with Gasteiger partial charge >= 0.3 is 6.18 Å². The maximum atomic E-state index is 15.2. The molecule has 0 atom stereocenters. The molecular weight excluding hydrogens is 471 g/mol. The van der Waals surface area contributed by atoms with E-state index in [1.54, 1.807) is 24.3 Å². The van der Waals surface area contributed by atoms with Crippen LogP contribution < -0.4 is 4.74 Å². The van der Waals surface area contributed by atoms with Crippen LogP contribution in [0.25, 0.3) is 10.8 Å². The molecule has 35 heavy (non-hydrogen) atoms. The van der Waals surface area contributed by atoms with Crippen molar-refractivity contribution in [1.29, 1.82) is 0 Å². The first kappa shape index (κ1) is 25.3. The molecule has 4 rings (SSSR count). The number of alkyl halides is 3. The van der Waals surface area contributed by atoms with Crippen LogP contribution in [-0.4, -0.2) is 38.7 Å². The van der Waals surface area contributed by atoms with E-state index in [9.17, 15) is 17.6 Å². The fourth-order valence-electron chi connectivity index (χ4n) is 3.96. The second kappa shape index (κ2) is 10.9. The lowest BCUT2D eigenvalue weighted by molar-refractivity contribution is -0.229. The number of aryl methyl sites for hydroxylation is 2. The zero-order valence-electron chi connectivity index (χ0n) is 19.0. The highest BCUT2D eigenvalue weighted by atomic mass is 19.4. The molecule has 4 nitrogen and oxygen atoms in total. The maximum Gasteiger partial charge on any atom is 0.422 e. The van der Waals surface area contributed by atoms with E-state index in [2.05, 4.69) is 4.74 Å². The van der Waals surface area contributed by atoms with Crippen LogP contribution in [0, 0.1) is 11.6 Å². The molecule has 0 spiro atoms. The van der Waals surface area contributed by atoms with E-state index in [1.165, 1.54) is 6.07 Å². The summed E-state index contributed by atoms with van der Waals surface area (Å²) in [4.78, 5) is 0. The Hall–Kier alpha value is -2.75. The Labute approximate surface area is 199 Å². The highest BCUT2D eigenvalue weighted by Gasteiger charge is 2.29. The number of ether oxygens (including phenoxy) is 4. The first-order valence-electron chi connectivity index (χ1n) is 11.3. The Morgan fingerprint density at radius 2 is 1.71 bits per heavy atom. The molecule has 1 heterocycles. The number of hydrogen-bond donors (Lipinski definition) is 0. The van der Waals surface area contributed by atoms with Crippen molar-refractivity contribution in [1.82, 2.24) is 0 Å². The summed E-state index contributed by atoms with van der Waals surface area (Å²) in [5.74, 6) is -1.74. The lowest BCUT2D eigenvalue weighted by Crippen LogP contribution is -2.33. The van der Waals surface area contributed by atoms with E-state index >= 15 is 4.39 Å². The van der Waals surface area contributed by atoms with Crippen LogP contribution in [0.4, 0.5) is 22.0 Å². The zero-order chi connectivity index (χ0) is 25.0. The molecule has 0 radical (unpaired) electrons. The van der Waals surface area contributed by atoms with Crippen LogP contribution >= 0.6 is 0 Å². The quantitative estimate of drug-likeness (QED) is 0.343. The third-order valence-electron chi connectivity index (χ3n) is 5.67. The number of rotatable bonds is 8. The van der Waals surface area contributed by atoms with E-state index in [0.29, 0.717) is 54.6 Å².